The van der Waals surface area contributed by atoms with Crippen LogP contribution in [0, 0.1) is 0 Å². The van der Waals surface area contributed by atoms with Crippen LogP contribution in [0.25, 0.3) is 0 Å². The fraction of sp³-hybridized carbons (Fsp3) is 0. The summed E-state index contributed by atoms with van der Waals surface area (Å²) >= 11 is 11.8. The van der Waals surface area contributed by atoms with Gasteiger partial charge in [0.1, 0.15) is 8.96 Å². The molecular formula is C10H4Br2ClNO2. The molecule has 0 aliphatic carbocycles. The molecule has 0 spiro atoms. The van der Waals surface area contributed by atoms with Gasteiger partial charge in [-0.3, -0.25) is 9.59 Å². The smallest absolute Gasteiger partial charge is 0.268 e. The van der Waals surface area contributed by atoms with Gasteiger partial charge >= 0.3 is 0 Å². The molecule has 2 rings (SSSR count). The van der Waals surface area contributed by atoms with Gasteiger partial charge in [0.05, 0.1) is 5.69 Å². The molecule has 3 nitrogen and oxygen atoms in total. The summed E-state index contributed by atoms with van der Waals surface area (Å²) in [5.41, 5.74) is 0.491. The first-order valence-electron chi connectivity index (χ1n) is 4.22. The van der Waals surface area contributed by atoms with Gasteiger partial charge in [0.15, 0.2) is 0 Å². The zero-order chi connectivity index (χ0) is 11.9. The maximum absolute atomic E-state index is 11.7. The lowest BCUT2D eigenvalue weighted by Crippen LogP contribution is -2.30. The zero-order valence-corrected chi connectivity index (χ0v) is 11.6. The van der Waals surface area contributed by atoms with E-state index in [1.54, 1.807) is 24.3 Å². The minimum atomic E-state index is -0.390. The highest BCUT2D eigenvalue weighted by Gasteiger charge is 2.36. The molecule has 1 aliphatic heterocycles. The third-order valence-electron chi connectivity index (χ3n) is 2.06. The molecule has 0 unspecified atom stereocenters. The van der Waals surface area contributed by atoms with Gasteiger partial charge in [-0.05, 0) is 56.1 Å². The molecule has 0 aromatic heterocycles. The fourth-order valence-electron chi connectivity index (χ4n) is 1.30. The van der Waals surface area contributed by atoms with Gasteiger partial charge in [-0.1, -0.05) is 11.6 Å². The molecule has 1 aliphatic rings. The summed E-state index contributed by atoms with van der Waals surface area (Å²) in [6, 6.07) is 6.48. The van der Waals surface area contributed by atoms with Crippen molar-refractivity contribution in [2.45, 2.75) is 0 Å². The number of nitrogens with zero attached hydrogens (tertiary/aromatic N) is 1. The van der Waals surface area contributed by atoms with Crippen LogP contribution in [0.2, 0.25) is 5.02 Å². The molecule has 1 aromatic rings. The van der Waals surface area contributed by atoms with Crippen LogP contribution in [0.15, 0.2) is 33.2 Å². The number of benzene rings is 1. The van der Waals surface area contributed by atoms with Crippen LogP contribution in [0.5, 0.6) is 0 Å². The van der Waals surface area contributed by atoms with Crippen LogP contribution in [0.3, 0.4) is 0 Å². The summed E-state index contributed by atoms with van der Waals surface area (Å²) in [5, 5.41) is 0.550. The minimum Gasteiger partial charge on any atom is -0.268 e. The minimum absolute atomic E-state index is 0.229. The molecule has 0 radical (unpaired) electrons. The molecule has 16 heavy (non-hydrogen) atoms. The van der Waals surface area contributed by atoms with Crippen LogP contribution in [0.4, 0.5) is 5.69 Å². The molecule has 0 saturated heterocycles. The molecule has 1 heterocycles. The highest BCUT2D eigenvalue weighted by atomic mass is 79.9. The van der Waals surface area contributed by atoms with Crippen LogP contribution in [0.1, 0.15) is 0 Å². The molecule has 0 atom stereocenters. The number of carbonyl (C=O) groups excluding carboxylic acids is 2. The Labute approximate surface area is 113 Å². The Morgan fingerprint density at radius 2 is 1.38 bits per heavy atom. The largest absolute Gasteiger partial charge is 0.273 e. The van der Waals surface area contributed by atoms with E-state index < -0.39 is 0 Å². The Morgan fingerprint density at radius 1 is 0.938 bits per heavy atom. The average molecular weight is 365 g/mol. The van der Waals surface area contributed by atoms with Gasteiger partial charge in [-0.25, -0.2) is 4.90 Å². The predicted octanol–water partition coefficient (Wildman–Crippen LogP) is 3.21. The molecule has 2 amide bonds. The monoisotopic (exact) mass is 363 g/mol. The zero-order valence-electron chi connectivity index (χ0n) is 7.71. The van der Waals surface area contributed by atoms with Crippen LogP contribution in [-0.2, 0) is 9.59 Å². The molecule has 1 aromatic carbocycles. The second-order valence-electron chi connectivity index (χ2n) is 3.05. The lowest BCUT2D eigenvalue weighted by Gasteiger charge is -2.13. The van der Waals surface area contributed by atoms with Crippen molar-refractivity contribution >= 4 is 61.0 Å². The number of carbonyl (C=O) groups is 2. The number of halogens is 3. The number of rotatable bonds is 1. The second-order valence-corrected chi connectivity index (χ2v) is 5.07. The number of imide groups is 1. The summed E-state index contributed by atoms with van der Waals surface area (Å²) in [6.07, 6.45) is 0. The molecule has 82 valence electrons. The number of anilines is 1. The second kappa shape index (κ2) is 4.31. The molecule has 0 N–H and O–H groups in total. The summed E-state index contributed by atoms with van der Waals surface area (Å²) in [5.74, 6) is -0.779. The van der Waals surface area contributed by atoms with E-state index in [4.69, 9.17) is 11.6 Å². The lowest BCUT2D eigenvalue weighted by atomic mass is 10.3. The first-order valence-corrected chi connectivity index (χ1v) is 6.18. The van der Waals surface area contributed by atoms with Crippen molar-refractivity contribution in [2.75, 3.05) is 4.90 Å². The standard InChI is InChI=1S/C10H4Br2ClNO2/c11-7-8(12)10(16)14(9(7)15)6-3-1-5(13)2-4-6/h1-4H. The topological polar surface area (TPSA) is 37.4 Å². The van der Waals surface area contributed by atoms with Gasteiger partial charge < -0.3 is 0 Å². The van der Waals surface area contributed by atoms with E-state index in [0.29, 0.717) is 10.7 Å². The molecule has 0 saturated carbocycles. The Bertz CT molecular complexity index is 486. The Balaban J connectivity index is 2.42. The van der Waals surface area contributed by atoms with Crippen molar-refractivity contribution in [3.05, 3.63) is 38.3 Å². The van der Waals surface area contributed by atoms with Crippen molar-refractivity contribution in [2.24, 2.45) is 0 Å². The summed E-state index contributed by atoms with van der Waals surface area (Å²) in [4.78, 5) is 24.6. The van der Waals surface area contributed by atoms with Gasteiger partial charge in [0.2, 0.25) is 0 Å². The third-order valence-corrected chi connectivity index (χ3v) is 4.31. The third kappa shape index (κ3) is 1.83. The van der Waals surface area contributed by atoms with E-state index in [2.05, 4.69) is 31.9 Å². The maximum Gasteiger partial charge on any atom is 0.273 e. The van der Waals surface area contributed by atoms with E-state index in [-0.39, 0.29) is 20.8 Å². The van der Waals surface area contributed by atoms with E-state index in [1.807, 2.05) is 0 Å². The van der Waals surface area contributed by atoms with E-state index >= 15 is 0 Å². The quantitative estimate of drug-likeness (QED) is 0.717. The number of hydrogen-bond acceptors (Lipinski definition) is 2. The highest BCUT2D eigenvalue weighted by molar-refractivity contribution is 9.14. The number of amides is 2. The molecule has 0 fully saturated rings. The first kappa shape index (κ1) is 11.8. The van der Waals surface area contributed by atoms with Crippen molar-refractivity contribution in [1.29, 1.82) is 0 Å². The molecule has 0 bridgehead atoms. The predicted molar refractivity (Wildman–Crippen MR) is 68.8 cm³/mol. The average Bonchev–Trinajstić information content (AvgIpc) is 2.46. The van der Waals surface area contributed by atoms with E-state index in [0.717, 1.165) is 4.90 Å². The highest BCUT2D eigenvalue weighted by Crippen LogP contribution is 2.33. The normalized spacial score (nSPS) is 16.3. The van der Waals surface area contributed by atoms with Gasteiger partial charge in [0.25, 0.3) is 11.8 Å². The number of hydrogen-bond donors (Lipinski definition) is 0. The summed E-state index contributed by atoms with van der Waals surface area (Å²) in [6.45, 7) is 0. The van der Waals surface area contributed by atoms with Crippen molar-refractivity contribution < 1.29 is 9.59 Å². The Kier molecular flexibility index (Phi) is 3.19. The van der Waals surface area contributed by atoms with Crippen LogP contribution in [-0.4, -0.2) is 11.8 Å². The summed E-state index contributed by atoms with van der Waals surface area (Å²) in [7, 11) is 0. The van der Waals surface area contributed by atoms with Crippen molar-refractivity contribution in [1.82, 2.24) is 0 Å². The van der Waals surface area contributed by atoms with Crippen molar-refractivity contribution in [3.8, 4) is 0 Å². The van der Waals surface area contributed by atoms with Gasteiger partial charge in [0, 0.05) is 5.02 Å². The van der Waals surface area contributed by atoms with Gasteiger partial charge in [-0.2, -0.15) is 0 Å². The lowest BCUT2D eigenvalue weighted by molar-refractivity contribution is -0.120. The Morgan fingerprint density at radius 3 is 1.81 bits per heavy atom. The SMILES string of the molecule is O=C1C(Br)=C(Br)C(=O)N1c1ccc(Cl)cc1. The van der Waals surface area contributed by atoms with E-state index in [1.165, 1.54) is 0 Å². The molecule has 6 heteroatoms. The van der Waals surface area contributed by atoms with E-state index in [9.17, 15) is 9.59 Å². The summed E-state index contributed by atoms with van der Waals surface area (Å²) < 4.78 is 0.458. The fourth-order valence-corrected chi connectivity index (χ4v) is 2.12. The first-order chi connectivity index (χ1) is 7.52. The Hall–Kier alpha value is -0.650. The molecular weight excluding hydrogens is 361 g/mol. The van der Waals surface area contributed by atoms with Crippen molar-refractivity contribution in [3.63, 3.8) is 0 Å². The van der Waals surface area contributed by atoms with Crippen LogP contribution >= 0.6 is 43.5 Å². The van der Waals surface area contributed by atoms with Crippen LogP contribution < -0.4 is 4.90 Å². The maximum atomic E-state index is 11.7. The van der Waals surface area contributed by atoms with Gasteiger partial charge in [-0.15, -0.1) is 0 Å².